The lowest BCUT2D eigenvalue weighted by Crippen LogP contribution is -2.41. The molecule has 2 aromatic rings. The normalized spacial score (nSPS) is 21.6. The summed E-state index contributed by atoms with van der Waals surface area (Å²) in [6.45, 7) is 9.19. The first-order chi connectivity index (χ1) is 12.9. The summed E-state index contributed by atoms with van der Waals surface area (Å²) in [5.74, 6) is 0.593. The lowest BCUT2D eigenvalue weighted by Gasteiger charge is -2.32. The molecule has 0 radical (unpaired) electrons. The maximum Gasteiger partial charge on any atom is 0.495 e. The second-order valence-corrected chi connectivity index (χ2v) is 7.59. The van der Waals surface area contributed by atoms with E-state index in [0.29, 0.717) is 19.0 Å². The van der Waals surface area contributed by atoms with Gasteiger partial charge < -0.3 is 23.5 Å². The Hall–Kier alpha value is -2.00. The lowest BCUT2D eigenvalue weighted by atomic mass is 9.75. The van der Waals surface area contributed by atoms with Crippen molar-refractivity contribution in [3.05, 3.63) is 42.2 Å². The topological polar surface area (TPSA) is 71.9 Å². The van der Waals surface area contributed by atoms with Gasteiger partial charge in [-0.25, -0.2) is 9.97 Å². The molecule has 0 spiro atoms. The van der Waals surface area contributed by atoms with E-state index in [4.69, 9.17) is 23.5 Å². The van der Waals surface area contributed by atoms with Gasteiger partial charge in [0.05, 0.1) is 24.4 Å². The molecule has 2 aliphatic heterocycles. The van der Waals surface area contributed by atoms with Crippen molar-refractivity contribution in [2.24, 2.45) is 0 Å². The Balaban J connectivity index is 1.67. The first kappa shape index (κ1) is 18.4. The van der Waals surface area contributed by atoms with E-state index in [1.807, 2.05) is 45.9 Å². The van der Waals surface area contributed by atoms with Gasteiger partial charge in [-0.1, -0.05) is 6.07 Å². The van der Waals surface area contributed by atoms with Crippen LogP contribution in [0, 0.1) is 0 Å². The summed E-state index contributed by atoms with van der Waals surface area (Å²) in [7, 11) is -0.514. The Morgan fingerprint density at radius 3 is 2.26 bits per heavy atom. The zero-order chi connectivity index (χ0) is 19.1. The van der Waals surface area contributed by atoms with E-state index in [0.717, 1.165) is 11.0 Å². The smallest absolute Gasteiger partial charge is 0.424 e. The summed E-state index contributed by atoms with van der Waals surface area (Å²) in [5, 5.41) is 0. The molecule has 1 aromatic carbocycles. The highest BCUT2D eigenvalue weighted by Gasteiger charge is 2.52. The number of nitrogens with zero attached hydrogens (tertiary/aromatic N) is 2. The predicted molar refractivity (Wildman–Crippen MR) is 98.9 cm³/mol. The van der Waals surface area contributed by atoms with Crippen LogP contribution in [0.2, 0.25) is 0 Å². The van der Waals surface area contributed by atoms with Gasteiger partial charge in [0.2, 0.25) is 0 Å². The molecule has 3 heterocycles. The Morgan fingerprint density at radius 2 is 1.63 bits per heavy atom. The van der Waals surface area contributed by atoms with Gasteiger partial charge in [-0.15, -0.1) is 0 Å². The predicted octanol–water partition coefficient (Wildman–Crippen LogP) is 2.61. The molecule has 4 rings (SSSR count). The van der Waals surface area contributed by atoms with Gasteiger partial charge in [-0.3, -0.25) is 0 Å². The highest BCUT2D eigenvalue weighted by Crippen LogP contribution is 2.38. The summed E-state index contributed by atoms with van der Waals surface area (Å²) >= 11 is 0. The minimum atomic E-state index is -0.514. The molecule has 0 unspecified atom stereocenters. The van der Waals surface area contributed by atoms with Crippen LogP contribution in [0.3, 0.4) is 0 Å². The van der Waals surface area contributed by atoms with Crippen molar-refractivity contribution in [3.63, 3.8) is 0 Å². The van der Waals surface area contributed by atoms with Crippen LogP contribution < -0.4 is 10.2 Å². The van der Waals surface area contributed by atoms with Crippen LogP contribution in [0.15, 0.2) is 36.7 Å². The summed E-state index contributed by atoms with van der Waals surface area (Å²) < 4.78 is 29.6. The Kier molecular flexibility index (Phi) is 4.67. The molecule has 0 N–H and O–H groups in total. The molecule has 1 aromatic heterocycles. The molecule has 0 saturated carbocycles. The third kappa shape index (κ3) is 3.58. The molecule has 2 fully saturated rings. The molecule has 7 nitrogen and oxygen atoms in total. The number of hydrogen-bond donors (Lipinski definition) is 0. The molecule has 2 aliphatic rings. The van der Waals surface area contributed by atoms with Crippen LogP contribution in [0.25, 0.3) is 0 Å². The number of benzene rings is 1. The molecule has 8 heteroatoms. The second kappa shape index (κ2) is 6.87. The van der Waals surface area contributed by atoms with E-state index in [2.05, 4.69) is 9.97 Å². The summed E-state index contributed by atoms with van der Waals surface area (Å²) in [4.78, 5) is 8.19. The van der Waals surface area contributed by atoms with Gasteiger partial charge in [-0.2, -0.15) is 0 Å². The average molecular weight is 370 g/mol. The van der Waals surface area contributed by atoms with Gasteiger partial charge in [0.25, 0.3) is 0 Å². The standard InChI is InChI=1S/C19H23BN2O5/c1-18(2)19(3,4)27-20(26-18)15-7-6-13(25-17-21-8-5-9-22-17)12-14(15)16-23-10-11-24-16/h5-9,12,16H,10-11H2,1-4H3. The van der Waals surface area contributed by atoms with Gasteiger partial charge in [0, 0.05) is 18.0 Å². The highest BCUT2D eigenvalue weighted by molar-refractivity contribution is 6.62. The third-order valence-corrected chi connectivity index (χ3v) is 5.19. The maximum absolute atomic E-state index is 6.21. The van der Waals surface area contributed by atoms with Crippen LogP contribution in [-0.4, -0.2) is 41.5 Å². The molecule has 0 bridgehead atoms. The third-order valence-electron chi connectivity index (χ3n) is 5.19. The molecular formula is C19H23BN2O5. The van der Waals surface area contributed by atoms with E-state index in [1.54, 1.807) is 18.5 Å². The minimum Gasteiger partial charge on any atom is -0.424 e. The lowest BCUT2D eigenvalue weighted by molar-refractivity contribution is -0.0436. The SMILES string of the molecule is CC1(C)OB(c2ccc(Oc3ncccn3)cc2C2OCCO2)OC1(C)C. The van der Waals surface area contributed by atoms with E-state index >= 15 is 0 Å². The van der Waals surface area contributed by atoms with Crippen molar-refractivity contribution in [1.29, 1.82) is 0 Å². The molecule has 142 valence electrons. The van der Waals surface area contributed by atoms with Crippen molar-refractivity contribution >= 4 is 12.6 Å². The number of ether oxygens (including phenoxy) is 3. The van der Waals surface area contributed by atoms with Crippen molar-refractivity contribution in [3.8, 4) is 11.8 Å². The first-order valence-corrected chi connectivity index (χ1v) is 9.03. The van der Waals surface area contributed by atoms with Crippen LogP contribution in [-0.2, 0) is 18.8 Å². The van der Waals surface area contributed by atoms with Crippen molar-refractivity contribution < 1.29 is 23.5 Å². The first-order valence-electron chi connectivity index (χ1n) is 9.03. The fourth-order valence-corrected chi connectivity index (χ4v) is 2.99. The zero-order valence-corrected chi connectivity index (χ0v) is 16.0. The largest absolute Gasteiger partial charge is 0.495 e. The molecule has 0 atom stereocenters. The van der Waals surface area contributed by atoms with E-state index in [1.165, 1.54) is 0 Å². The zero-order valence-electron chi connectivity index (χ0n) is 16.0. The Labute approximate surface area is 159 Å². The van der Waals surface area contributed by atoms with Crippen molar-refractivity contribution in [2.75, 3.05) is 13.2 Å². The Bertz CT molecular complexity index is 793. The maximum atomic E-state index is 6.21. The van der Waals surface area contributed by atoms with Crippen LogP contribution >= 0.6 is 0 Å². The summed E-state index contributed by atoms with van der Waals surface area (Å²) in [5.41, 5.74) is 0.819. The molecule has 27 heavy (non-hydrogen) atoms. The molecule has 0 aliphatic carbocycles. The monoisotopic (exact) mass is 370 g/mol. The van der Waals surface area contributed by atoms with Crippen molar-refractivity contribution in [1.82, 2.24) is 9.97 Å². The number of aromatic nitrogens is 2. The van der Waals surface area contributed by atoms with Gasteiger partial charge >= 0.3 is 13.1 Å². The molecular weight excluding hydrogens is 347 g/mol. The quantitative estimate of drug-likeness (QED) is 0.766. The summed E-state index contributed by atoms with van der Waals surface area (Å²) in [6, 6.07) is 7.64. The van der Waals surface area contributed by atoms with Crippen LogP contribution in [0.5, 0.6) is 11.8 Å². The van der Waals surface area contributed by atoms with Gasteiger partial charge in [-0.05, 0) is 51.4 Å². The number of rotatable bonds is 4. The highest BCUT2D eigenvalue weighted by atomic mass is 16.7. The molecule has 0 amide bonds. The minimum absolute atomic E-state index is 0.278. The van der Waals surface area contributed by atoms with Gasteiger partial charge in [0.15, 0.2) is 6.29 Å². The van der Waals surface area contributed by atoms with Crippen LogP contribution in [0.4, 0.5) is 0 Å². The van der Waals surface area contributed by atoms with Crippen LogP contribution in [0.1, 0.15) is 39.5 Å². The summed E-state index contributed by atoms with van der Waals surface area (Å²) in [6.07, 6.45) is 2.77. The average Bonchev–Trinajstić information content (AvgIpc) is 3.22. The Morgan fingerprint density at radius 1 is 1.00 bits per heavy atom. The fourth-order valence-electron chi connectivity index (χ4n) is 2.99. The van der Waals surface area contributed by atoms with Crippen molar-refractivity contribution in [2.45, 2.75) is 45.2 Å². The van der Waals surface area contributed by atoms with E-state index in [-0.39, 0.29) is 6.01 Å². The number of hydrogen-bond acceptors (Lipinski definition) is 7. The van der Waals surface area contributed by atoms with E-state index < -0.39 is 24.6 Å². The fraction of sp³-hybridized carbons (Fsp3) is 0.474. The van der Waals surface area contributed by atoms with E-state index in [9.17, 15) is 0 Å². The molecule has 2 saturated heterocycles. The second-order valence-electron chi connectivity index (χ2n) is 7.59. The van der Waals surface area contributed by atoms with Gasteiger partial charge in [0.1, 0.15) is 5.75 Å².